The van der Waals surface area contributed by atoms with Gasteiger partial charge in [-0.15, -0.1) is 0 Å². The predicted octanol–water partition coefficient (Wildman–Crippen LogP) is 5.36. The standard InChI is InChI=1S/C26H25NO4/c1-16-8-7-9-17(2)25(16)23(14-24(28)29)27-26(30)31-15-22-20-12-5-3-10-18(20)19-11-4-6-13-21(19)22/h3-13,22-23H,14-15H2,1-2H3,(H,27,30)(H,28,29)/t23-/m1/s1. The van der Waals surface area contributed by atoms with Gasteiger partial charge in [-0.25, -0.2) is 4.79 Å². The molecule has 0 spiro atoms. The maximum atomic E-state index is 12.7. The van der Waals surface area contributed by atoms with Crippen molar-refractivity contribution in [1.82, 2.24) is 5.32 Å². The van der Waals surface area contributed by atoms with E-state index < -0.39 is 18.1 Å². The summed E-state index contributed by atoms with van der Waals surface area (Å²) in [7, 11) is 0. The van der Waals surface area contributed by atoms with Crippen molar-refractivity contribution in [3.05, 3.63) is 94.5 Å². The van der Waals surface area contributed by atoms with Crippen molar-refractivity contribution >= 4 is 12.1 Å². The van der Waals surface area contributed by atoms with Crippen molar-refractivity contribution in [2.45, 2.75) is 32.2 Å². The molecule has 4 rings (SSSR count). The highest BCUT2D eigenvalue weighted by molar-refractivity contribution is 5.79. The second-order valence-corrected chi connectivity index (χ2v) is 7.93. The number of aliphatic carboxylic acids is 1. The summed E-state index contributed by atoms with van der Waals surface area (Å²) in [6, 6.07) is 21.4. The summed E-state index contributed by atoms with van der Waals surface area (Å²) in [5.41, 5.74) is 7.27. The number of alkyl carbamates (subject to hydrolysis) is 1. The van der Waals surface area contributed by atoms with Crippen LogP contribution in [0.2, 0.25) is 0 Å². The summed E-state index contributed by atoms with van der Waals surface area (Å²) in [5.74, 6) is -1.03. The van der Waals surface area contributed by atoms with E-state index in [1.807, 2.05) is 56.3 Å². The van der Waals surface area contributed by atoms with Crippen LogP contribution in [0.4, 0.5) is 4.79 Å². The van der Waals surface area contributed by atoms with E-state index in [1.165, 1.54) is 0 Å². The third-order valence-corrected chi connectivity index (χ3v) is 5.91. The lowest BCUT2D eigenvalue weighted by atomic mass is 9.94. The Labute approximate surface area is 181 Å². The monoisotopic (exact) mass is 415 g/mol. The number of nitrogens with one attached hydrogen (secondary N) is 1. The molecule has 5 heteroatoms. The van der Waals surface area contributed by atoms with Crippen LogP contribution in [0.25, 0.3) is 11.1 Å². The lowest BCUT2D eigenvalue weighted by Gasteiger charge is -2.22. The molecule has 5 nitrogen and oxygen atoms in total. The number of carboxylic acid groups (broad SMARTS) is 1. The number of carbonyl (C=O) groups excluding carboxylic acids is 1. The Balaban J connectivity index is 1.51. The summed E-state index contributed by atoms with van der Waals surface area (Å²) in [6.07, 6.45) is -0.827. The molecular formula is C26H25NO4. The van der Waals surface area contributed by atoms with E-state index in [0.29, 0.717) is 0 Å². The molecule has 3 aromatic rings. The van der Waals surface area contributed by atoms with Crippen molar-refractivity contribution in [3.63, 3.8) is 0 Å². The van der Waals surface area contributed by atoms with Crippen LogP contribution in [0, 0.1) is 13.8 Å². The van der Waals surface area contributed by atoms with Gasteiger partial charge in [0.05, 0.1) is 12.5 Å². The number of benzene rings is 3. The summed E-state index contributed by atoms with van der Waals surface area (Å²) in [6.45, 7) is 4.01. The molecule has 1 aliphatic rings. The third-order valence-electron chi connectivity index (χ3n) is 5.91. The number of amides is 1. The number of hydrogen-bond donors (Lipinski definition) is 2. The van der Waals surface area contributed by atoms with Gasteiger partial charge in [-0.05, 0) is 52.8 Å². The first-order valence-electron chi connectivity index (χ1n) is 10.3. The number of aryl methyl sites for hydroxylation is 2. The molecule has 2 N–H and O–H groups in total. The van der Waals surface area contributed by atoms with Crippen LogP contribution in [0.5, 0.6) is 0 Å². The normalized spacial score (nSPS) is 13.2. The largest absolute Gasteiger partial charge is 0.481 e. The van der Waals surface area contributed by atoms with Crippen molar-refractivity contribution in [1.29, 1.82) is 0 Å². The second kappa shape index (κ2) is 8.64. The van der Waals surface area contributed by atoms with Gasteiger partial charge in [-0.1, -0.05) is 66.7 Å². The van der Waals surface area contributed by atoms with E-state index in [4.69, 9.17) is 4.74 Å². The summed E-state index contributed by atoms with van der Waals surface area (Å²) < 4.78 is 5.61. The molecule has 0 unspecified atom stereocenters. The van der Waals surface area contributed by atoms with Gasteiger partial charge in [0.25, 0.3) is 0 Å². The second-order valence-electron chi connectivity index (χ2n) is 7.93. The predicted molar refractivity (Wildman–Crippen MR) is 119 cm³/mol. The van der Waals surface area contributed by atoms with Crippen LogP contribution >= 0.6 is 0 Å². The topological polar surface area (TPSA) is 75.6 Å². The average Bonchev–Trinajstić information content (AvgIpc) is 3.05. The molecule has 0 heterocycles. The minimum Gasteiger partial charge on any atom is -0.481 e. The number of ether oxygens (including phenoxy) is 1. The van der Waals surface area contributed by atoms with Crippen LogP contribution in [0.15, 0.2) is 66.7 Å². The van der Waals surface area contributed by atoms with Gasteiger partial charge in [0, 0.05) is 5.92 Å². The van der Waals surface area contributed by atoms with E-state index in [-0.39, 0.29) is 18.9 Å². The van der Waals surface area contributed by atoms with Crippen LogP contribution in [-0.4, -0.2) is 23.8 Å². The van der Waals surface area contributed by atoms with E-state index in [0.717, 1.165) is 38.9 Å². The first kappa shape index (κ1) is 20.7. The molecule has 1 atom stereocenters. The van der Waals surface area contributed by atoms with E-state index in [1.54, 1.807) is 0 Å². The molecule has 0 saturated carbocycles. The summed E-state index contributed by atoms with van der Waals surface area (Å²) >= 11 is 0. The number of rotatable bonds is 6. The van der Waals surface area contributed by atoms with E-state index in [9.17, 15) is 14.7 Å². The summed E-state index contributed by atoms with van der Waals surface area (Å²) in [4.78, 5) is 24.1. The van der Waals surface area contributed by atoms with Gasteiger partial charge in [0.15, 0.2) is 0 Å². The molecule has 31 heavy (non-hydrogen) atoms. The average molecular weight is 415 g/mol. The lowest BCUT2D eigenvalue weighted by molar-refractivity contribution is -0.137. The molecule has 0 saturated heterocycles. The Hall–Kier alpha value is -3.60. The quantitative estimate of drug-likeness (QED) is 0.568. The van der Waals surface area contributed by atoms with Gasteiger partial charge in [-0.2, -0.15) is 0 Å². The molecule has 1 amide bonds. The molecule has 0 radical (unpaired) electrons. The zero-order chi connectivity index (χ0) is 22.0. The van der Waals surface area contributed by atoms with Crippen molar-refractivity contribution < 1.29 is 19.4 Å². The Kier molecular flexibility index (Phi) is 5.76. The smallest absolute Gasteiger partial charge is 0.407 e. The first-order valence-corrected chi connectivity index (χ1v) is 10.3. The van der Waals surface area contributed by atoms with Crippen LogP contribution in [0.1, 0.15) is 46.2 Å². The molecule has 3 aromatic carbocycles. The number of carboxylic acids is 1. The fourth-order valence-corrected chi connectivity index (χ4v) is 4.56. The minimum atomic E-state index is -0.980. The van der Waals surface area contributed by atoms with Gasteiger partial charge < -0.3 is 15.2 Å². The fourth-order valence-electron chi connectivity index (χ4n) is 4.56. The number of fused-ring (bicyclic) bond motifs is 3. The number of hydrogen-bond acceptors (Lipinski definition) is 3. The maximum absolute atomic E-state index is 12.7. The summed E-state index contributed by atoms with van der Waals surface area (Å²) in [5, 5.41) is 12.1. The zero-order valence-corrected chi connectivity index (χ0v) is 17.6. The minimum absolute atomic E-state index is 0.0451. The molecule has 0 aliphatic heterocycles. The molecular weight excluding hydrogens is 390 g/mol. The molecule has 0 fully saturated rings. The lowest BCUT2D eigenvalue weighted by Crippen LogP contribution is -2.32. The van der Waals surface area contributed by atoms with E-state index in [2.05, 4.69) is 29.6 Å². The molecule has 1 aliphatic carbocycles. The third kappa shape index (κ3) is 4.17. The Morgan fingerprint density at radius 2 is 1.45 bits per heavy atom. The van der Waals surface area contributed by atoms with Crippen LogP contribution in [-0.2, 0) is 9.53 Å². The Morgan fingerprint density at radius 1 is 0.903 bits per heavy atom. The van der Waals surface area contributed by atoms with Gasteiger partial charge in [0.2, 0.25) is 0 Å². The van der Waals surface area contributed by atoms with Crippen molar-refractivity contribution in [3.8, 4) is 11.1 Å². The Bertz CT molecular complexity index is 1070. The van der Waals surface area contributed by atoms with E-state index >= 15 is 0 Å². The molecule has 0 bridgehead atoms. The zero-order valence-electron chi connectivity index (χ0n) is 17.6. The van der Waals surface area contributed by atoms with Gasteiger partial charge >= 0.3 is 12.1 Å². The maximum Gasteiger partial charge on any atom is 0.407 e. The Morgan fingerprint density at radius 3 is 2.00 bits per heavy atom. The molecule has 158 valence electrons. The fraction of sp³-hybridized carbons (Fsp3) is 0.231. The SMILES string of the molecule is Cc1cccc(C)c1[C@@H](CC(=O)O)NC(=O)OCC1c2ccccc2-c2ccccc21. The van der Waals surface area contributed by atoms with Gasteiger partial charge in [0.1, 0.15) is 6.61 Å². The van der Waals surface area contributed by atoms with Crippen LogP contribution < -0.4 is 5.32 Å². The highest BCUT2D eigenvalue weighted by Crippen LogP contribution is 2.44. The number of carbonyl (C=O) groups is 2. The van der Waals surface area contributed by atoms with Crippen molar-refractivity contribution in [2.24, 2.45) is 0 Å². The van der Waals surface area contributed by atoms with Crippen molar-refractivity contribution in [2.75, 3.05) is 6.61 Å². The highest BCUT2D eigenvalue weighted by atomic mass is 16.5. The van der Waals surface area contributed by atoms with Gasteiger partial charge in [-0.3, -0.25) is 4.79 Å². The highest BCUT2D eigenvalue weighted by Gasteiger charge is 2.29. The first-order chi connectivity index (χ1) is 15.0. The van der Waals surface area contributed by atoms with Crippen LogP contribution in [0.3, 0.4) is 0 Å². The molecule has 0 aromatic heterocycles.